The van der Waals surface area contributed by atoms with Gasteiger partial charge in [-0.1, -0.05) is 18.2 Å². The van der Waals surface area contributed by atoms with E-state index in [0.29, 0.717) is 11.3 Å². The summed E-state index contributed by atoms with van der Waals surface area (Å²) in [6.45, 7) is 3.30. The van der Waals surface area contributed by atoms with Crippen LogP contribution in [0.15, 0.2) is 47.0 Å². The Balaban J connectivity index is 2.31. The third-order valence-electron chi connectivity index (χ3n) is 5.15. The van der Waals surface area contributed by atoms with E-state index in [-0.39, 0.29) is 42.5 Å². The van der Waals surface area contributed by atoms with Crippen LogP contribution in [0.1, 0.15) is 19.4 Å². The van der Waals surface area contributed by atoms with Gasteiger partial charge in [0.1, 0.15) is 29.3 Å². The number of hydrogen-bond donors (Lipinski definition) is 1. The van der Waals surface area contributed by atoms with Crippen molar-refractivity contribution in [2.45, 2.75) is 19.3 Å². The maximum absolute atomic E-state index is 13.3. The molecule has 160 valence electrons. The highest BCUT2D eigenvalue weighted by molar-refractivity contribution is 6.16. The Labute approximate surface area is 174 Å². The number of nitrogens with two attached hydrogens (primary N) is 1. The summed E-state index contributed by atoms with van der Waals surface area (Å²) in [5.41, 5.74) is 5.08. The molecule has 2 aliphatic rings. The lowest BCUT2D eigenvalue weighted by atomic mass is 9.66. The number of rotatable bonds is 6. The third kappa shape index (κ3) is 3.02. The number of methoxy groups -OCH3 is 1. The number of benzene rings is 1. The molecular weight excluding hydrogens is 392 g/mol. The first-order valence-electron chi connectivity index (χ1n) is 9.42. The van der Waals surface area contributed by atoms with E-state index in [2.05, 4.69) is 0 Å². The highest BCUT2D eigenvalue weighted by Gasteiger charge is 2.63. The molecule has 1 spiro atoms. The van der Waals surface area contributed by atoms with Crippen LogP contribution in [0.2, 0.25) is 0 Å². The first kappa shape index (κ1) is 21.4. The van der Waals surface area contributed by atoms with E-state index in [9.17, 15) is 14.4 Å². The molecule has 0 aromatic heterocycles. The van der Waals surface area contributed by atoms with Crippen LogP contribution in [-0.4, -0.2) is 51.9 Å². The molecule has 2 aliphatic heterocycles. The van der Waals surface area contributed by atoms with E-state index in [1.165, 1.54) is 14.0 Å². The second-order valence-electron chi connectivity index (χ2n) is 6.76. The highest BCUT2D eigenvalue weighted by atomic mass is 16.6. The normalized spacial score (nSPS) is 20.4. The Morgan fingerprint density at radius 3 is 2.47 bits per heavy atom. The number of para-hydroxylation sites is 1. The van der Waals surface area contributed by atoms with Gasteiger partial charge in [-0.05, 0) is 19.9 Å². The molecule has 9 heteroatoms. The molecule has 9 nitrogen and oxygen atoms in total. The van der Waals surface area contributed by atoms with E-state index in [0.717, 1.165) is 0 Å². The first-order chi connectivity index (χ1) is 14.3. The van der Waals surface area contributed by atoms with Gasteiger partial charge in [-0.25, -0.2) is 14.4 Å². The smallest absolute Gasteiger partial charge is 0.339 e. The van der Waals surface area contributed by atoms with Crippen molar-refractivity contribution in [2.24, 2.45) is 5.73 Å². The van der Waals surface area contributed by atoms with Gasteiger partial charge < -0.3 is 29.6 Å². The Bertz CT molecular complexity index is 966. The zero-order chi connectivity index (χ0) is 22.1. The third-order valence-corrected chi connectivity index (χ3v) is 5.15. The molecule has 1 aromatic rings. The fourth-order valence-electron chi connectivity index (χ4n) is 3.86. The van der Waals surface area contributed by atoms with Crippen molar-refractivity contribution in [3.05, 3.63) is 52.6 Å². The van der Waals surface area contributed by atoms with Gasteiger partial charge in [0.25, 0.3) is 0 Å². The van der Waals surface area contributed by atoms with Crippen molar-refractivity contribution in [2.75, 3.05) is 38.9 Å². The maximum atomic E-state index is 13.3. The Kier molecular flexibility index (Phi) is 5.84. The van der Waals surface area contributed by atoms with Crippen molar-refractivity contribution >= 4 is 23.6 Å². The zero-order valence-electron chi connectivity index (χ0n) is 17.3. The zero-order valence-corrected chi connectivity index (χ0v) is 17.3. The van der Waals surface area contributed by atoms with Crippen LogP contribution in [0.25, 0.3) is 0 Å². The minimum atomic E-state index is -1.90. The van der Waals surface area contributed by atoms with E-state index in [1.54, 1.807) is 43.1 Å². The topological polar surface area (TPSA) is 117 Å². The predicted molar refractivity (Wildman–Crippen MR) is 106 cm³/mol. The Morgan fingerprint density at radius 2 is 1.80 bits per heavy atom. The number of carbonyl (C=O) groups is 3. The number of fused-ring (bicyclic) bond motifs is 2. The molecule has 1 aromatic carbocycles. The molecular formula is C21H24N2O7. The number of allylic oxidation sites excluding steroid dienone is 1. The number of ether oxygens (including phenoxy) is 4. The van der Waals surface area contributed by atoms with Crippen molar-refractivity contribution in [3.8, 4) is 0 Å². The molecule has 0 bridgehead atoms. The van der Waals surface area contributed by atoms with Gasteiger partial charge in [0, 0.05) is 25.4 Å². The van der Waals surface area contributed by atoms with E-state index in [4.69, 9.17) is 24.7 Å². The summed E-state index contributed by atoms with van der Waals surface area (Å²) < 4.78 is 20.8. The summed E-state index contributed by atoms with van der Waals surface area (Å²) in [6.07, 6.45) is 0. The maximum Gasteiger partial charge on any atom is 0.339 e. The van der Waals surface area contributed by atoms with Crippen LogP contribution >= 0.6 is 0 Å². The lowest BCUT2D eigenvalue weighted by Gasteiger charge is -2.39. The quantitative estimate of drug-likeness (QED) is 0.414. The number of esters is 3. The molecule has 2 heterocycles. The van der Waals surface area contributed by atoms with Gasteiger partial charge in [-0.3, -0.25) is 0 Å². The molecule has 30 heavy (non-hydrogen) atoms. The van der Waals surface area contributed by atoms with E-state index >= 15 is 0 Å². The SMILES string of the molecule is CCOC(=O)C1=C(N)N(C)c2ccccc2[C@]12C(=O)OC(C)=C2C(=O)OCCOC. The lowest BCUT2D eigenvalue weighted by molar-refractivity contribution is -0.147. The summed E-state index contributed by atoms with van der Waals surface area (Å²) in [4.78, 5) is 41.0. The minimum Gasteiger partial charge on any atom is -0.462 e. The van der Waals surface area contributed by atoms with Gasteiger partial charge in [0.2, 0.25) is 0 Å². The number of hydrogen-bond acceptors (Lipinski definition) is 9. The minimum absolute atomic E-state index is 0.0130. The van der Waals surface area contributed by atoms with Crippen molar-refractivity contribution < 1.29 is 33.3 Å². The summed E-state index contributed by atoms with van der Waals surface area (Å²) in [7, 11) is 3.13. The monoisotopic (exact) mass is 416 g/mol. The molecule has 0 saturated heterocycles. The van der Waals surface area contributed by atoms with Crippen LogP contribution in [0.3, 0.4) is 0 Å². The second-order valence-corrected chi connectivity index (χ2v) is 6.76. The predicted octanol–water partition coefficient (Wildman–Crippen LogP) is 1.13. The van der Waals surface area contributed by atoms with Crippen LogP contribution < -0.4 is 10.6 Å². The molecule has 0 fully saturated rings. The van der Waals surface area contributed by atoms with Crippen molar-refractivity contribution in [3.63, 3.8) is 0 Å². The van der Waals surface area contributed by atoms with Gasteiger partial charge >= 0.3 is 17.9 Å². The second kappa shape index (κ2) is 8.19. The number of anilines is 1. The molecule has 0 aliphatic carbocycles. The summed E-state index contributed by atoms with van der Waals surface area (Å²) in [6, 6.07) is 6.85. The number of nitrogens with zero attached hydrogens (tertiary/aromatic N) is 1. The standard InChI is InChI=1S/C21H24N2O7/c1-5-28-19(25)16-17(22)23(3)14-9-7-6-8-13(14)21(16)15(12(2)30-20(21)26)18(24)29-11-10-27-4/h6-9H,5,10-11,22H2,1-4H3/t21-/m1/s1. The highest BCUT2D eigenvalue weighted by Crippen LogP contribution is 2.53. The van der Waals surface area contributed by atoms with E-state index in [1.807, 2.05) is 0 Å². The van der Waals surface area contributed by atoms with Crippen LogP contribution in [-0.2, 0) is 38.7 Å². The molecule has 0 amide bonds. The molecule has 2 N–H and O–H groups in total. The molecule has 0 radical (unpaired) electrons. The molecule has 3 rings (SSSR count). The van der Waals surface area contributed by atoms with Crippen LogP contribution in [0.4, 0.5) is 5.69 Å². The molecule has 1 atom stereocenters. The van der Waals surface area contributed by atoms with Gasteiger partial charge in [-0.2, -0.15) is 0 Å². The lowest BCUT2D eigenvalue weighted by Crippen LogP contribution is -2.50. The fraction of sp³-hybridized carbons (Fsp3) is 0.381. The summed E-state index contributed by atoms with van der Waals surface area (Å²) in [5.74, 6) is -2.41. The summed E-state index contributed by atoms with van der Waals surface area (Å²) >= 11 is 0. The summed E-state index contributed by atoms with van der Waals surface area (Å²) in [5, 5.41) is 0. The van der Waals surface area contributed by atoms with Gasteiger partial charge in [0.15, 0.2) is 5.41 Å². The average Bonchev–Trinajstić information content (AvgIpc) is 2.97. The first-order valence-corrected chi connectivity index (χ1v) is 9.42. The molecule has 0 saturated carbocycles. The van der Waals surface area contributed by atoms with E-state index < -0.39 is 23.3 Å². The Hall–Kier alpha value is -3.33. The number of cyclic esters (lactones) is 1. The average molecular weight is 416 g/mol. The van der Waals surface area contributed by atoms with Crippen molar-refractivity contribution in [1.29, 1.82) is 0 Å². The van der Waals surface area contributed by atoms with Crippen LogP contribution in [0.5, 0.6) is 0 Å². The Morgan fingerprint density at radius 1 is 1.13 bits per heavy atom. The fourth-order valence-corrected chi connectivity index (χ4v) is 3.86. The van der Waals surface area contributed by atoms with Crippen LogP contribution in [0, 0.1) is 0 Å². The largest absolute Gasteiger partial charge is 0.462 e. The van der Waals surface area contributed by atoms with Crippen molar-refractivity contribution in [1.82, 2.24) is 0 Å². The van der Waals surface area contributed by atoms with Gasteiger partial charge in [0.05, 0.1) is 13.2 Å². The molecule has 0 unspecified atom stereocenters. The number of carbonyl (C=O) groups excluding carboxylic acids is 3. The van der Waals surface area contributed by atoms with Gasteiger partial charge in [-0.15, -0.1) is 0 Å².